The number of halogens is 3. The SMILES string of the molecule is CCOc1cc(CC(C)=O)cc(C(F)(F)F)c1. The second-order valence-corrected chi connectivity index (χ2v) is 3.68. The third-order valence-corrected chi connectivity index (χ3v) is 2.06. The highest BCUT2D eigenvalue weighted by Gasteiger charge is 2.31. The molecule has 1 aromatic carbocycles. The van der Waals surface area contributed by atoms with E-state index in [9.17, 15) is 18.0 Å². The number of ketones is 1. The third-order valence-electron chi connectivity index (χ3n) is 2.06. The number of alkyl halides is 3. The van der Waals surface area contributed by atoms with Gasteiger partial charge in [0, 0.05) is 6.42 Å². The molecule has 0 aliphatic carbocycles. The van der Waals surface area contributed by atoms with E-state index in [1.165, 1.54) is 13.0 Å². The third kappa shape index (κ3) is 4.09. The standard InChI is InChI=1S/C12H13F3O2/c1-3-17-11-6-9(4-8(2)16)5-10(7-11)12(13,14)15/h5-7H,3-4H2,1-2H3. The molecule has 0 aliphatic heterocycles. The normalized spacial score (nSPS) is 11.4. The number of benzene rings is 1. The van der Waals surface area contributed by atoms with Gasteiger partial charge in [-0.2, -0.15) is 13.2 Å². The topological polar surface area (TPSA) is 26.3 Å². The minimum atomic E-state index is -4.43. The summed E-state index contributed by atoms with van der Waals surface area (Å²) in [5.74, 6) is -0.0506. The maximum Gasteiger partial charge on any atom is 0.416 e. The zero-order valence-electron chi connectivity index (χ0n) is 9.60. The van der Waals surface area contributed by atoms with Crippen molar-refractivity contribution in [1.29, 1.82) is 0 Å². The first-order chi connectivity index (χ1) is 7.82. The Hall–Kier alpha value is -1.52. The number of Topliss-reactive ketones (excluding diaryl/α,β-unsaturated/α-hetero) is 1. The van der Waals surface area contributed by atoms with Gasteiger partial charge in [-0.15, -0.1) is 0 Å². The average molecular weight is 246 g/mol. The summed E-state index contributed by atoms with van der Waals surface area (Å²) in [4.78, 5) is 10.9. The van der Waals surface area contributed by atoms with E-state index < -0.39 is 11.7 Å². The summed E-state index contributed by atoms with van der Waals surface area (Å²) in [7, 11) is 0. The summed E-state index contributed by atoms with van der Waals surface area (Å²) in [5.41, 5.74) is -0.476. The van der Waals surface area contributed by atoms with Crippen LogP contribution in [0.1, 0.15) is 25.0 Å². The molecule has 0 amide bonds. The molecule has 2 nitrogen and oxygen atoms in total. The van der Waals surface area contributed by atoms with Crippen LogP contribution in [0.2, 0.25) is 0 Å². The molecule has 5 heteroatoms. The first-order valence-corrected chi connectivity index (χ1v) is 5.16. The average Bonchev–Trinajstić information content (AvgIpc) is 2.15. The summed E-state index contributed by atoms with van der Waals surface area (Å²) in [6, 6.07) is 3.37. The number of carbonyl (C=O) groups excluding carboxylic acids is 1. The fourth-order valence-corrected chi connectivity index (χ4v) is 1.46. The molecule has 0 aliphatic rings. The van der Waals surface area contributed by atoms with Gasteiger partial charge >= 0.3 is 6.18 Å². The van der Waals surface area contributed by atoms with Gasteiger partial charge in [0.15, 0.2) is 0 Å². The minimum Gasteiger partial charge on any atom is -0.494 e. The Labute approximate surface area is 97.4 Å². The number of carbonyl (C=O) groups is 1. The molecule has 0 saturated carbocycles. The van der Waals surface area contributed by atoms with E-state index in [2.05, 4.69) is 0 Å². The zero-order chi connectivity index (χ0) is 13.1. The van der Waals surface area contributed by atoms with Crippen molar-refractivity contribution in [3.63, 3.8) is 0 Å². The van der Waals surface area contributed by atoms with Crippen LogP contribution in [-0.4, -0.2) is 12.4 Å². The Bertz CT molecular complexity index is 411. The van der Waals surface area contributed by atoms with Gasteiger partial charge in [-0.1, -0.05) is 0 Å². The smallest absolute Gasteiger partial charge is 0.416 e. The van der Waals surface area contributed by atoms with Gasteiger partial charge in [0.2, 0.25) is 0 Å². The van der Waals surface area contributed by atoms with Crippen LogP contribution in [0.15, 0.2) is 18.2 Å². The number of hydrogen-bond donors (Lipinski definition) is 0. The van der Waals surface area contributed by atoms with Crippen molar-refractivity contribution in [2.75, 3.05) is 6.61 Å². The largest absolute Gasteiger partial charge is 0.494 e. The van der Waals surface area contributed by atoms with Gasteiger partial charge in [-0.25, -0.2) is 0 Å². The lowest BCUT2D eigenvalue weighted by Gasteiger charge is -2.11. The summed E-state index contributed by atoms with van der Waals surface area (Å²) in [5, 5.41) is 0. The monoisotopic (exact) mass is 246 g/mol. The lowest BCUT2D eigenvalue weighted by Crippen LogP contribution is -2.08. The molecule has 1 rings (SSSR count). The maximum atomic E-state index is 12.6. The predicted octanol–water partition coefficient (Wildman–Crippen LogP) is 3.24. The fourth-order valence-electron chi connectivity index (χ4n) is 1.46. The van der Waals surface area contributed by atoms with Crippen molar-refractivity contribution in [3.8, 4) is 5.75 Å². The Balaban J connectivity index is 3.14. The molecular formula is C12H13F3O2. The van der Waals surface area contributed by atoms with E-state index in [4.69, 9.17) is 4.74 Å². The summed E-state index contributed by atoms with van der Waals surface area (Å²) in [6.45, 7) is 3.30. The van der Waals surface area contributed by atoms with Crippen LogP contribution < -0.4 is 4.74 Å². The van der Waals surface area contributed by atoms with Gasteiger partial charge in [0.05, 0.1) is 12.2 Å². The van der Waals surface area contributed by atoms with E-state index >= 15 is 0 Å². The number of ether oxygens (including phenoxy) is 1. The van der Waals surface area contributed by atoms with Gasteiger partial charge in [-0.3, -0.25) is 4.79 Å². The highest BCUT2D eigenvalue weighted by atomic mass is 19.4. The van der Waals surface area contributed by atoms with Crippen LogP contribution in [0.3, 0.4) is 0 Å². The summed E-state index contributed by atoms with van der Waals surface area (Å²) >= 11 is 0. The van der Waals surface area contributed by atoms with Crippen molar-refractivity contribution in [2.24, 2.45) is 0 Å². The lowest BCUT2D eigenvalue weighted by molar-refractivity contribution is -0.137. The molecule has 0 radical (unpaired) electrons. The van der Waals surface area contributed by atoms with Crippen LogP contribution in [0.4, 0.5) is 13.2 Å². The van der Waals surface area contributed by atoms with E-state index in [-0.39, 0.29) is 24.6 Å². The first kappa shape index (κ1) is 13.5. The Morgan fingerprint density at radius 1 is 1.29 bits per heavy atom. The molecule has 94 valence electrons. The van der Waals surface area contributed by atoms with Crippen LogP contribution in [0, 0.1) is 0 Å². The Morgan fingerprint density at radius 2 is 1.94 bits per heavy atom. The quantitative estimate of drug-likeness (QED) is 0.815. The molecule has 0 N–H and O–H groups in total. The van der Waals surface area contributed by atoms with Crippen LogP contribution >= 0.6 is 0 Å². The van der Waals surface area contributed by atoms with Crippen LogP contribution in [0.5, 0.6) is 5.75 Å². The van der Waals surface area contributed by atoms with Gasteiger partial charge < -0.3 is 4.74 Å². The maximum absolute atomic E-state index is 12.6. The number of hydrogen-bond acceptors (Lipinski definition) is 2. The predicted molar refractivity (Wildman–Crippen MR) is 57.0 cm³/mol. The highest BCUT2D eigenvalue weighted by molar-refractivity contribution is 5.78. The van der Waals surface area contributed by atoms with Gasteiger partial charge in [0.1, 0.15) is 11.5 Å². The van der Waals surface area contributed by atoms with Crippen LogP contribution in [0.25, 0.3) is 0 Å². The Morgan fingerprint density at radius 3 is 2.41 bits per heavy atom. The van der Waals surface area contributed by atoms with Crippen molar-refractivity contribution in [1.82, 2.24) is 0 Å². The molecule has 0 unspecified atom stereocenters. The summed E-state index contributed by atoms with van der Waals surface area (Å²) < 4.78 is 42.8. The lowest BCUT2D eigenvalue weighted by atomic mass is 10.1. The molecule has 0 heterocycles. The Kier molecular flexibility index (Phi) is 4.15. The van der Waals surface area contributed by atoms with Crippen molar-refractivity contribution in [3.05, 3.63) is 29.3 Å². The fraction of sp³-hybridized carbons (Fsp3) is 0.417. The summed E-state index contributed by atoms with van der Waals surface area (Å²) in [6.07, 6.45) is -4.46. The molecule has 17 heavy (non-hydrogen) atoms. The molecule has 0 aromatic heterocycles. The molecule has 1 aromatic rings. The second kappa shape index (κ2) is 5.21. The molecule has 0 spiro atoms. The van der Waals surface area contributed by atoms with Crippen molar-refractivity contribution in [2.45, 2.75) is 26.4 Å². The zero-order valence-corrected chi connectivity index (χ0v) is 9.60. The van der Waals surface area contributed by atoms with Gasteiger partial charge in [0.25, 0.3) is 0 Å². The minimum absolute atomic E-state index is 0.0238. The van der Waals surface area contributed by atoms with Gasteiger partial charge in [-0.05, 0) is 37.6 Å². The second-order valence-electron chi connectivity index (χ2n) is 3.68. The van der Waals surface area contributed by atoms with Crippen LogP contribution in [-0.2, 0) is 17.4 Å². The van der Waals surface area contributed by atoms with Crippen molar-refractivity contribution < 1.29 is 22.7 Å². The molecule has 0 bridgehead atoms. The molecular weight excluding hydrogens is 233 g/mol. The van der Waals surface area contributed by atoms with E-state index in [1.807, 2.05) is 0 Å². The van der Waals surface area contributed by atoms with Crippen molar-refractivity contribution >= 4 is 5.78 Å². The van der Waals surface area contributed by atoms with E-state index in [0.29, 0.717) is 5.56 Å². The molecule has 0 saturated heterocycles. The van der Waals surface area contributed by atoms with E-state index in [0.717, 1.165) is 12.1 Å². The number of rotatable bonds is 4. The van der Waals surface area contributed by atoms with E-state index in [1.54, 1.807) is 6.92 Å². The molecule has 0 atom stereocenters. The highest BCUT2D eigenvalue weighted by Crippen LogP contribution is 2.32. The molecule has 0 fully saturated rings. The first-order valence-electron chi connectivity index (χ1n) is 5.16.